The maximum Gasteiger partial charge on any atom is 4.00 e. The zero-order valence-electron chi connectivity index (χ0n) is 26.5. The Morgan fingerprint density at radius 2 is 0.905 bits per heavy atom. The summed E-state index contributed by atoms with van der Waals surface area (Å²) in [6.07, 6.45) is 0. The zero-order chi connectivity index (χ0) is 27.3. The van der Waals surface area contributed by atoms with E-state index in [0.29, 0.717) is 11.8 Å². The molecule has 2 heteroatoms. The first kappa shape index (κ1) is 33.7. The Balaban J connectivity index is 0.00000161. The normalized spacial score (nSPS) is 11.4. The van der Waals surface area contributed by atoms with Crippen molar-refractivity contribution in [3.05, 3.63) is 135 Å². The quantitative estimate of drug-likeness (QED) is 0.118. The number of rotatable bonds is 6. The van der Waals surface area contributed by atoms with Crippen LogP contribution >= 0.6 is 0 Å². The molecule has 6 aromatic carbocycles. The minimum atomic E-state index is -1.93. The second kappa shape index (κ2) is 13.2. The summed E-state index contributed by atoms with van der Waals surface area (Å²) < 4.78 is 0. The van der Waals surface area contributed by atoms with Crippen molar-refractivity contribution in [2.24, 2.45) is 0 Å². The number of hydrogen-bond donors (Lipinski definition) is 0. The van der Waals surface area contributed by atoms with Gasteiger partial charge in [0, 0.05) is 0 Å². The van der Waals surface area contributed by atoms with Gasteiger partial charge in [-0.1, -0.05) is 113 Å². The average molecular weight is 731 g/mol. The molecule has 42 heavy (non-hydrogen) atoms. The van der Waals surface area contributed by atoms with Gasteiger partial charge in [-0.25, -0.2) is 0 Å². The molecule has 0 nitrogen and oxygen atoms in total. The summed E-state index contributed by atoms with van der Waals surface area (Å²) in [4.78, 5) is 0. The second-order valence-corrected chi connectivity index (χ2v) is 16.7. The molecule has 6 aromatic rings. The minimum absolute atomic E-state index is 0. The van der Waals surface area contributed by atoms with E-state index in [1.54, 1.807) is 0 Å². The molecule has 0 saturated carbocycles. The monoisotopic (exact) mass is 732 g/mol. The first-order chi connectivity index (χ1) is 18.7. The maximum atomic E-state index is 2.51. The predicted molar refractivity (Wildman–Crippen MR) is 188 cm³/mol. The first-order valence-electron chi connectivity index (χ1n) is 14.3. The van der Waals surface area contributed by atoms with Crippen LogP contribution in [0.1, 0.15) is 50.7 Å². The van der Waals surface area contributed by atoms with Gasteiger partial charge in [-0.3, -0.25) is 0 Å². The van der Waals surface area contributed by atoms with Gasteiger partial charge in [0.25, 0.3) is 0 Å². The van der Waals surface area contributed by atoms with E-state index in [0.717, 1.165) is 0 Å². The molecule has 0 radical (unpaired) electrons. The molecular weight excluding hydrogens is 687 g/mol. The molecule has 0 spiro atoms. The third kappa shape index (κ3) is 6.12. The Hall–Kier alpha value is -2.81. The molecule has 0 aliphatic carbocycles. The molecule has 0 unspecified atom stereocenters. The first-order valence-corrected chi connectivity index (χ1v) is 17.3. The van der Waals surface area contributed by atoms with Crippen molar-refractivity contribution in [3.8, 4) is 22.3 Å². The number of benzene rings is 4. The summed E-state index contributed by atoms with van der Waals surface area (Å²) in [6, 6.07) is 41.6. The van der Waals surface area contributed by atoms with Crippen molar-refractivity contribution in [3.63, 3.8) is 0 Å². The van der Waals surface area contributed by atoms with Crippen LogP contribution < -0.4 is 10.4 Å². The summed E-state index contributed by atoms with van der Waals surface area (Å²) in [5.74, 6) is 1.05. The summed E-state index contributed by atoms with van der Waals surface area (Å²) in [5.41, 5.74) is 8.09. The minimum Gasteiger partial charge on any atom is -0.358 e. The largest absolute Gasteiger partial charge is 4.00 e. The van der Waals surface area contributed by atoms with E-state index >= 15 is 0 Å². The molecule has 0 N–H and O–H groups in total. The van der Waals surface area contributed by atoms with Crippen LogP contribution in [0.15, 0.2) is 109 Å². The van der Waals surface area contributed by atoms with Gasteiger partial charge in [0.05, 0.1) is 8.07 Å². The second-order valence-electron chi connectivity index (χ2n) is 12.3. The van der Waals surface area contributed by atoms with Crippen LogP contribution in [0.5, 0.6) is 0 Å². The van der Waals surface area contributed by atoms with Gasteiger partial charge in [-0.15, -0.1) is 68.3 Å². The van der Waals surface area contributed by atoms with Gasteiger partial charge in [0.15, 0.2) is 0 Å². The van der Waals surface area contributed by atoms with Gasteiger partial charge in [0.2, 0.25) is 0 Å². The number of hydrogen-bond acceptors (Lipinski definition) is 0. The summed E-state index contributed by atoms with van der Waals surface area (Å²) >= 11 is 0. The van der Waals surface area contributed by atoms with Gasteiger partial charge in [-0.2, -0.15) is 12.1 Å². The van der Waals surface area contributed by atoms with Crippen LogP contribution in [0.25, 0.3) is 43.8 Å². The van der Waals surface area contributed by atoms with Crippen LogP contribution in [0.4, 0.5) is 0 Å². The fraction of sp³-hybridized carbons (Fsp3) is 0.200. The van der Waals surface area contributed by atoms with Crippen LogP contribution in [-0.2, 0) is 25.8 Å². The van der Waals surface area contributed by atoms with Crippen LogP contribution in [0, 0.1) is 14.9 Å². The third-order valence-electron chi connectivity index (χ3n) is 8.67. The molecule has 0 heterocycles. The zero-order valence-corrected chi connectivity index (χ0v) is 31.1. The third-order valence-corrected chi connectivity index (χ3v) is 12.1. The SMILES string of the molecule is CC(C)c1cccc(-c2cccc3[cH-]c([Si](C)(C)c4cc5c(-c6cccc(C(C)C)c6)cccc5[cH-]4)cc23)c1.[CH3-].[CH3-].[Hf+4]. The van der Waals surface area contributed by atoms with E-state index in [1.165, 1.54) is 65.3 Å². The van der Waals surface area contributed by atoms with E-state index in [-0.39, 0.29) is 40.7 Å². The van der Waals surface area contributed by atoms with Crippen molar-refractivity contribution < 1.29 is 25.8 Å². The summed E-state index contributed by atoms with van der Waals surface area (Å²) in [6.45, 7) is 14.1. The van der Waals surface area contributed by atoms with Gasteiger partial charge in [0.1, 0.15) is 0 Å². The molecule has 0 atom stereocenters. The van der Waals surface area contributed by atoms with Crippen molar-refractivity contribution in [2.75, 3.05) is 0 Å². The molecule has 212 valence electrons. The number of fused-ring (bicyclic) bond motifs is 2. The Kier molecular flexibility index (Phi) is 10.6. The Morgan fingerprint density at radius 1 is 0.524 bits per heavy atom. The molecule has 0 aliphatic rings. The van der Waals surface area contributed by atoms with Crippen LogP contribution in [0.2, 0.25) is 13.1 Å². The fourth-order valence-corrected chi connectivity index (χ4v) is 8.37. The van der Waals surface area contributed by atoms with E-state index in [1.807, 2.05) is 0 Å². The summed E-state index contributed by atoms with van der Waals surface area (Å²) in [7, 11) is -1.93. The summed E-state index contributed by atoms with van der Waals surface area (Å²) in [5, 5.41) is 8.44. The fourth-order valence-electron chi connectivity index (χ4n) is 5.99. The molecule has 0 fully saturated rings. The van der Waals surface area contributed by atoms with Crippen molar-refractivity contribution in [1.82, 2.24) is 0 Å². The molecule has 0 aromatic heterocycles. The molecule has 6 rings (SSSR count). The Bertz CT molecular complexity index is 1660. The van der Waals surface area contributed by atoms with E-state index in [2.05, 4.69) is 150 Å². The van der Waals surface area contributed by atoms with Crippen molar-refractivity contribution >= 4 is 40.0 Å². The molecule has 0 bridgehead atoms. The smallest absolute Gasteiger partial charge is 0.358 e. The average Bonchev–Trinajstić information content (AvgIpc) is 3.58. The molecule has 0 amide bonds. The predicted octanol–water partition coefficient (Wildman–Crippen LogP) is 10.7. The van der Waals surface area contributed by atoms with Gasteiger partial charge >= 0.3 is 25.8 Å². The molecular formula is C40H44HfSi. The van der Waals surface area contributed by atoms with E-state index in [9.17, 15) is 0 Å². The maximum absolute atomic E-state index is 2.51. The topological polar surface area (TPSA) is 0 Å². The van der Waals surface area contributed by atoms with Gasteiger partial charge < -0.3 is 14.9 Å². The van der Waals surface area contributed by atoms with E-state index < -0.39 is 8.07 Å². The van der Waals surface area contributed by atoms with Crippen molar-refractivity contribution in [1.29, 1.82) is 0 Å². The van der Waals surface area contributed by atoms with Crippen LogP contribution in [-0.4, -0.2) is 8.07 Å². The van der Waals surface area contributed by atoms with E-state index in [4.69, 9.17) is 0 Å². The van der Waals surface area contributed by atoms with Crippen LogP contribution in [0.3, 0.4) is 0 Å². The standard InChI is InChI=1S/C38H38Si.2CH3.Hf/c1-25(2)27-11-7-13-29(19-27)35-17-9-15-31-21-33(23-37(31)35)39(5,6)34-22-32-16-10-18-36(38(32)24-34)30-14-8-12-28(20-30)26(3)4;;;/h7-26H,1-6H3;2*1H3;/q-2;2*-1;+4. The Labute approximate surface area is 274 Å². The van der Waals surface area contributed by atoms with Gasteiger partial charge in [-0.05, 0) is 34.1 Å². The molecule has 0 aliphatic heterocycles. The van der Waals surface area contributed by atoms with Crippen molar-refractivity contribution in [2.45, 2.75) is 52.6 Å². The molecule has 0 saturated heterocycles. The Morgan fingerprint density at radius 3 is 1.29 bits per heavy atom.